The molecular formula is C14H23N. The van der Waals surface area contributed by atoms with E-state index in [2.05, 4.69) is 50.4 Å². The van der Waals surface area contributed by atoms with Crippen LogP contribution in [0, 0.1) is 6.92 Å². The Morgan fingerprint density at radius 1 is 1.27 bits per heavy atom. The monoisotopic (exact) mass is 205 g/mol. The second-order valence-electron chi connectivity index (χ2n) is 4.28. The van der Waals surface area contributed by atoms with Gasteiger partial charge in [-0.15, -0.1) is 0 Å². The minimum atomic E-state index is 0.652. The minimum Gasteiger partial charge on any atom is -0.315 e. The summed E-state index contributed by atoms with van der Waals surface area (Å²) in [5, 5.41) is 3.45. The summed E-state index contributed by atoms with van der Waals surface area (Å²) in [5.41, 5.74) is 2.93. The number of hydrogen-bond donors (Lipinski definition) is 1. The van der Waals surface area contributed by atoms with Crippen LogP contribution in [0.1, 0.15) is 37.8 Å². The van der Waals surface area contributed by atoms with Crippen LogP contribution in [0.4, 0.5) is 0 Å². The second-order valence-corrected chi connectivity index (χ2v) is 4.28. The molecule has 1 aromatic rings. The first kappa shape index (κ1) is 12.3. The molecule has 0 aliphatic heterocycles. The fraction of sp³-hybridized carbons (Fsp3) is 0.571. The molecule has 0 radical (unpaired) electrons. The van der Waals surface area contributed by atoms with Crippen LogP contribution in [0.5, 0.6) is 0 Å². The molecule has 0 aliphatic carbocycles. The average molecular weight is 205 g/mol. The van der Waals surface area contributed by atoms with Gasteiger partial charge in [0, 0.05) is 6.04 Å². The Morgan fingerprint density at radius 3 is 2.67 bits per heavy atom. The Balaban J connectivity index is 2.29. The van der Waals surface area contributed by atoms with Gasteiger partial charge in [-0.25, -0.2) is 0 Å². The van der Waals surface area contributed by atoms with E-state index in [1.165, 1.54) is 30.4 Å². The van der Waals surface area contributed by atoms with E-state index < -0.39 is 0 Å². The van der Waals surface area contributed by atoms with Gasteiger partial charge in [-0.3, -0.25) is 0 Å². The van der Waals surface area contributed by atoms with E-state index >= 15 is 0 Å². The zero-order valence-corrected chi connectivity index (χ0v) is 10.2. The number of aryl methyl sites for hydroxylation is 2. The van der Waals surface area contributed by atoms with Crippen molar-refractivity contribution in [2.24, 2.45) is 0 Å². The van der Waals surface area contributed by atoms with E-state index in [1.54, 1.807) is 0 Å². The largest absolute Gasteiger partial charge is 0.315 e. The Labute approximate surface area is 93.9 Å². The number of hydrogen-bond acceptors (Lipinski definition) is 1. The quantitative estimate of drug-likeness (QED) is 0.751. The normalized spacial score (nSPS) is 12.7. The Hall–Kier alpha value is -0.820. The summed E-state index contributed by atoms with van der Waals surface area (Å²) in [6.45, 7) is 7.70. The molecule has 0 aliphatic rings. The first-order valence-corrected chi connectivity index (χ1v) is 6.02. The molecule has 0 aromatic heterocycles. The fourth-order valence-electron chi connectivity index (χ4n) is 1.94. The van der Waals surface area contributed by atoms with E-state index in [-0.39, 0.29) is 0 Å². The third-order valence-electron chi connectivity index (χ3n) is 2.90. The van der Waals surface area contributed by atoms with Gasteiger partial charge >= 0.3 is 0 Å². The molecule has 1 atom stereocenters. The van der Waals surface area contributed by atoms with Crippen molar-refractivity contribution in [3.63, 3.8) is 0 Å². The number of rotatable bonds is 6. The predicted molar refractivity (Wildman–Crippen MR) is 67.3 cm³/mol. The lowest BCUT2D eigenvalue weighted by atomic mass is 10.0. The Morgan fingerprint density at radius 2 is 2.00 bits per heavy atom. The summed E-state index contributed by atoms with van der Waals surface area (Å²) in [5.74, 6) is 0. The highest BCUT2D eigenvalue weighted by molar-refractivity contribution is 5.25. The van der Waals surface area contributed by atoms with Crippen LogP contribution in [0.25, 0.3) is 0 Å². The van der Waals surface area contributed by atoms with Gasteiger partial charge in [0.2, 0.25) is 0 Å². The van der Waals surface area contributed by atoms with Crippen molar-refractivity contribution in [2.75, 3.05) is 6.54 Å². The molecule has 0 fully saturated rings. The van der Waals surface area contributed by atoms with Gasteiger partial charge in [-0.2, -0.15) is 0 Å². The topological polar surface area (TPSA) is 12.0 Å². The smallest absolute Gasteiger partial charge is 0.00387 e. The van der Waals surface area contributed by atoms with E-state index in [0.29, 0.717) is 6.04 Å². The average Bonchev–Trinajstić information content (AvgIpc) is 2.21. The van der Waals surface area contributed by atoms with E-state index in [4.69, 9.17) is 0 Å². The molecule has 0 saturated heterocycles. The maximum atomic E-state index is 3.45. The second kappa shape index (κ2) is 6.62. The van der Waals surface area contributed by atoms with Gasteiger partial charge in [0.25, 0.3) is 0 Å². The van der Waals surface area contributed by atoms with Crippen LogP contribution in [0.15, 0.2) is 24.3 Å². The molecule has 1 heteroatoms. The van der Waals surface area contributed by atoms with E-state index in [9.17, 15) is 0 Å². The van der Waals surface area contributed by atoms with Crippen LogP contribution in [-0.4, -0.2) is 12.6 Å². The molecule has 0 amide bonds. The van der Waals surface area contributed by atoms with Gasteiger partial charge in [0.05, 0.1) is 0 Å². The van der Waals surface area contributed by atoms with Crippen molar-refractivity contribution >= 4 is 0 Å². The molecule has 1 unspecified atom stereocenters. The van der Waals surface area contributed by atoms with Crippen LogP contribution < -0.4 is 5.32 Å². The van der Waals surface area contributed by atoms with Gasteiger partial charge in [-0.1, -0.05) is 31.2 Å². The van der Waals surface area contributed by atoms with E-state index in [0.717, 1.165) is 6.54 Å². The SMILES string of the molecule is CCNC(C)CCCc1ccccc1C. The van der Waals surface area contributed by atoms with Crippen LogP contribution >= 0.6 is 0 Å². The van der Waals surface area contributed by atoms with Crippen LogP contribution in [-0.2, 0) is 6.42 Å². The maximum absolute atomic E-state index is 3.45. The highest BCUT2D eigenvalue weighted by Gasteiger charge is 2.01. The van der Waals surface area contributed by atoms with Crippen molar-refractivity contribution in [1.29, 1.82) is 0 Å². The minimum absolute atomic E-state index is 0.652. The molecule has 0 heterocycles. The maximum Gasteiger partial charge on any atom is 0.00387 e. The van der Waals surface area contributed by atoms with E-state index in [1.807, 2.05) is 0 Å². The summed E-state index contributed by atoms with van der Waals surface area (Å²) in [7, 11) is 0. The molecule has 1 rings (SSSR count). The summed E-state index contributed by atoms with van der Waals surface area (Å²) in [6, 6.07) is 9.34. The zero-order valence-electron chi connectivity index (χ0n) is 10.2. The van der Waals surface area contributed by atoms with Crippen LogP contribution in [0.3, 0.4) is 0 Å². The van der Waals surface area contributed by atoms with Gasteiger partial charge < -0.3 is 5.32 Å². The summed E-state index contributed by atoms with van der Waals surface area (Å²) in [4.78, 5) is 0. The lowest BCUT2D eigenvalue weighted by Crippen LogP contribution is -2.25. The molecule has 15 heavy (non-hydrogen) atoms. The molecular weight excluding hydrogens is 182 g/mol. The van der Waals surface area contributed by atoms with Crippen molar-refractivity contribution < 1.29 is 0 Å². The zero-order chi connectivity index (χ0) is 11.1. The molecule has 0 saturated carbocycles. The lowest BCUT2D eigenvalue weighted by Gasteiger charge is -2.12. The molecule has 1 N–H and O–H groups in total. The molecule has 0 bridgehead atoms. The first-order chi connectivity index (χ1) is 7.24. The first-order valence-electron chi connectivity index (χ1n) is 6.02. The third-order valence-corrected chi connectivity index (χ3v) is 2.90. The van der Waals surface area contributed by atoms with Crippen LogP contribution in [0.2, 0.25) is 0 Å². The van der Waals surface area contributed by atoms with Gasteiger partial charge in [0.1, 0.15) is 0 Å². The number of nitrogens with one attached hydrogen (secondary N) is 1. The van der Waals surface area contributed by atoms with Crippen molar-refractivity contribution in [3.05, 3.63) is 35.4 Å². The summed E-state index contributed by atoms with van der Waals surface area (Å²) in [6.07, 6.45) is 3.75. The lowest BCUT2D eigenvalue weighted by molar-refractivity contribution is 0.512. The van der Waals surface area contributed by atoms with Crippen molar-refractivity contribution in [1.82, 2.24) is 5.32 Å². The molecule has 1 aromatic carbocycles. The Bertz CT molecular complexity index is 280. The molecule has 1 nitrogen and oxygen atoms in total. The summed E-state index contributed by atoms with van der Waals surface area (Å²) < 4.78 is 0. The standard InChI is InChI=1S/C14H23N/c1-4-15-13(3)9-7-11-14-10-6-5-8-12(14)2/h5-6,8,10,13,15H,4,7,9,11H2,1-3H3. The highest BCUT2D eigenvalue weighted by atomic mass is 14.9. The van der Waals surface area contributed by atoms with Gasteiger partial charge in [-0.05, 0) is 50.8 Å². The third kappa shape index (κ3) is 4.48. The van der Waals surface area contributed by atoms with Crippen molar-refractivity contribution in [2.45, 2.75) is 46.1 Å². The Kier molecular flexibility index (Phi) is 5.41. The molecule has 0 spiro atoms. The fourth-order valence-corrected chi connectivity index (χ4v) is 1.94. The highest BCUT2D eigenvalue weighted by Crippen LogP contribution is 2.11. The summed E-state index contributed by atoms with van der Waals surface area (Å²) >= 11 is 0. The number of benzene rings is 1. The van der Waals surface area contributed by atoms with Gasteiger partial charge in [0.15, 0.2) is 0 Å². The van der Waals surface area contributed by atoms with Crippen molar-refractivity contribution in [3.8, 4) is 0 Å². The predicted octanol–water partition coefficient (Wildman–Crippen LogP) is 3.32. The molecule has 84 valence electrons.